The Morgan fingerprint density at radius 1 is 1.12 bits per heavy atom. The quantitative estimate of drug-likeness (QED) is 0.397. The van der Waals surface area contributed by atoms with Gasteiger partial charge in [0.25, 0.3) is 11.8 Å². The minimum Gasteiger partial charge on any atom is -0.478 e. The molecule has 0 fully saturated rings. The Labute approximate surface area is 196 Å². The number of hydrogen-bond donors (Lipinski definition) is 1. The van der Waals surface area contributed by atoms with Crippen molar-refractivity contribution in [3.63, 3.8) is 0 Å². The maximum Gasteiger partial charge on any atom is 0.387 e. The number of fused-ring (bicyclic) bond motifs is 1. The van der Waals surface area contributed by atoms with Crippen molar-refractivity contribution in [2.75, 3.05) is 14.2 Å². The summed E-state index contributed by atoms with van der Waals surface area (Å²) in [5, 5.41) is 10.3. The second kappa shape index (κ2) is 8.70. The minimum atomic E-state index is -4.21. The number of nitrogens with two attached hydrogens (primary N) is 1. The normalized spacial score (nSPS) is 11.9. The number of aromatic nitrogens is 5. The van der Waals surface area contributed by atoms with Crippen LogP contribution in [0.2, 0.25) is 5.02 Å². The number of methoxy groups -OCH3 is 2. The molecule has 0 atom stereocenters. The first-order valence-electron chi connectivity index (χ1n) is 9.36. The fourth-order valence-corrected chi connectivity index (χ4v) is 4.39. The predicted octanol–water partition coefficient (Wildman–Crippen LogP) is 2.74. The highest BCUT2D eigenvalue weighted by molar-refractivity contribution is 7.89. The Morgan fingerprint density at radius 2 is 1.76 bits per heavy atom. The van der Waals surface area contributed by atoms with Crippen LogP contribution in [-0.2, 0) is 17.1 Å². The predicted molar refractivity (Wildman–Crippen MR) is 117 cm³/mol. The highest BCUT2D eigenvalue weighted by atomic mass is 35.5. The van der Waals surface area contributed by atoms with Crippen molar-refractivity contribution in [2.45, 2.75) is 11.5 Å². The van der Waals surface area contributed by atoms with Gasteiger partial charge in [0.1, 0.15) is 4.90 Å². The van der Waals surface area contributed by atoms with E-state index in [9.17, 15) is 17.2 Å². The van der Waals surface area contributed by atoms with E-state index in [1.165, 1.54) is 41.8 Å². The van der Waals surface area contributed by atoms with Gasteiger partial charge in [0.15, 0.2) is 0 Å². The number of primary sulfonamides is 1. The van der Waals surface area contributed by atoms with Gasteiger partial charge in [0, 0.05) is 30.4 Å². The van der Waals surface area contributed by atoms with E-state index in [0.29, 0.717) is 11.3 Å². The average molecular weight is 515 g/mol. The zero-order valence-electron chi connectivity index (χ0n) is 17.9. The molecule has 0 radical (unpaired) electrons. The molecule has 3 aromatic heterocycles. The summed E-state index contributed by atoms with van der Waals surface area (Å²) in [5.74, 6) is -1.46. The number of rotatable bonds is 7. The fourth-order valence-electron chi connectivity index (χ4n) is 3.42. The second-order valence-corrected chi connectivity index (χ2v) is 8.79. The van der Waals surface area contributed by atoms with E-state index < -0.39 is 22.4 Å². The van der Waals surface area contributed by atoms with Crippen molar-refractivity contribution in [3.05, 3.63) is 35.6 Å². The molecule has 180 valence electrons. The Bertz CT molecular complexity index is 1480. The van der Waals surface area contributed by atoms with Gasteiger partial charge in [-0.3, -0.25) is 9.25 Å². The number of hydrogen-bond acceptors (Lipinski definition) is 8. The van der Waals surface area contributed by atoms with Crippen molar-refractivity contribution in [1.82, 2.24) is 24.3 Å². The highest BCUT2D eigenvalue weighted by Crippen LogP contribution is 2.41. The lowest BCUT2D eigenvalue weighted by Crippen LogP contribution is -2.12. The van der Waals surface area contributed by atoms with E-state index in [1.807, 2.05) is 0 Å². The van der Waals surface area contributed by atoms with Gasteiger partial charge in [-0.1, -0.05) is 11.6 Å². The lowest BCUT2D eigenvalue weighted by Gasteiger charge is -2.15. The Balaban J connectivity index is 2.12. The summed E-state index contributed by atoms with van der Waals surface area (Å²) < 4.78 is 68.0. The number of sulfonamides is 1. The summed E-state index contributed by atoms with van der Waals surface area (Å²) in [4.78, 5) is 8.01. The Kier molecular flexibility index (Phi) is 6.05. The van der Waals surface area contributed by atoms with Gasteiger partial charge in [-0.25, -0.2) is 13.6 Å². The first kappa shape index (κ1) is 23.7. The molecule has 2 N–H and O–H groups in total. The minimum absolute atomic E-state index is 0.185. The molecule has 0 unspecified atom stereocenters. The van der Waals surface area contributed by atoms with Crippen molar-refractivity contribution in [1.29, 1.82) is 0 Å². The maximum absolute atomic E-state index is 12.9. The topological polar surface area (TPSA) is 136 Å². The van der Waals surface area contributed by atoms with Crippen LogP contribution in [-0.4, -0.2) is 53.6 Å². The highest BCUT2D eigenvalue weighted by Gasteiger charge is 2.27. The van der Waals surface area contributed by atoms with Crippen LogP contribution in [0.5, 0.6) is 17.5 Å². The third-order valence-corrected chi connectivity index (χ3v) is 6.01. The zero-order chi connectivity index (χ0) is 24.8. The standard InChI is InChI=1S/C19H17ClF2N6O5S/c1-27-7-6-11(26-27)13-10(20)5-4-9-12(34(23,29)30)8-28(14(9)13)19-24-16(31-2)15(33-18(21)22)17(25-19)32-3/h4-8,18H,1-3H3,(H2,23,29,30). The Hall–Kier alpha value is -3.49. The third kappa shape index (κ3) is 4.10. The summed E-state index contributed by atoms with van der Waals surface area (Å²) in [6.07, 6.45) is 2.86. The number of alkyl halides is 2. The van der Waals surface area contributed by atoms with Gasteiger partial charge in [-0.05, 0) is 18.2 Å². The van der Waals surface area contributed by atoms with Gasteiger partial charge in [0.2, 0.25) is 21.7 Å². The molecule has 0 bridgehead atoms. The number of benzene rings is 1. The monoisotopic (exact) mass is 514 g/mol. The number of halogens is 3. The molecule has 0 aliphatic heterocycles. The summed E-state index contributed by atoms with van der Waals surface area (Å²) in [5.41, 5.74) is 1.04. The van der Waals surface area contributed by atoms with Gasteiger partial charge in [-0.15, -0.1) is 0 Å². The zero-order valence-corrected chi connectivity index (χ0v) is 19.4. The molecular formula is C19H17ClF2N6O5S. The number of aryl methyl sites for hydroxylation is 1. The van der Waals surface area contributed by atoms with Gasteiger partial charge in [-0.2, -0.15) is 23.8 Å². The lowest BCUT2D eigenvalue weighted by atomic mass is 10.1. The molecule has 0 amide bonds. The molecule has 0 aliphatic carbocycles. The van der Waals surface area contributed by atoms with Crippen LogP contribution in [0, 0.1) is 0 Å². The van der Waals surface area contributed by atoms with Crippen LogP contribution in [0.25, 0.3) is 28.1 Å². The molecule has 0 saturated heterocycles. The van der Waals surface area contributed by atoms with E-state index in [-0.39, 0.29) is 38.5 Å². The van der Waals surface area contributed by atoms with Crippen molar-refractivity contribution >= 4 is 32.5 Å². The smallest absolute Gasteiger partial charge is 0.387 e. The van der Waals surface area contributed by atoms with Crippen LogP contribution in [0.4, 0.5) is 8.78 Å². The van der Waals surface area contributed by atoms with Gasteiger partial charge in [0.05, 0.1) is 30.5 Å². The molecule has 3 heterocycles. The molecule has 4 aromatic rings. The van der Waals surface area contributed by atoms with E-state index in [0.717, 1.165) is 0 Å². The van der Waals surface area contributed by atoms with E-state index in [2.05, 4.69) is 19.8 Å². The summed E-state index contributed by atoms with van der Waals surface area (Å²) >= 11 is 6.49. The van der Waals surface area contributed by atoms with E-state index in [4.69, 9.17) is 26.2 Å². The van der Waals surface area contributed by atoms with Crippen molar-refractivity contribution < 1.29 is 31.4 Å². The lowest BCUT2D eigenvalue weighted by molar-refractivity contribution is -0.0534. The first-order valence-corrected chi connectivity index (χ1v) is 11.3. The maximum atomic E-state index is 12.9. The van der Waals surface area contributed by atoms with Crippen LogP contribution in [0.1, 0.15) is 0 Å². The molecule has 1 aromatic carbocycles. The fraction of sp³-hybridized carbons (Fsp3) is 0.211. The largest absolute Gasteiger partial charge is 0.478 e. The van der Waals surface area contributed by atoms with Gasteiger partial charge >= 0.3 is 6.61 Å². The summed E-state index contributed by atoms with van der Waals surface area (Å²) in [6, 6.07) is 4.66. The van der Waals surface area contributed by atoms with E-state index >= 15 is 0 Å². The molecule has 11 nitrogen and oxygen atoms in total. The first-order chi connectivity index (χ1) is 16.0. The molecule has 0 saturated carbocycles. The molecule has 4 rings (SSSR count). The van der Waals surface area contributed by atoms with E-state index in [1.54, 1.807) is 19.3 Å². The van der Waals surface area contributed by atoms with Crippen LogP contribution >= 0.6 is 11.6 Å². The summed E-state index contributed by atoms with van der Waals surface area (Å²) in [7, 11) is -0.140. The van der Waals surface area contributed by atoms with Crippen molar-refractivity contribution in [2.24, 2.45) is 12.2 Å². The Morgan fingerprint density at radius 3 is 2.26 bits per heavy atom. The molecular weight excluding hydrogens is 498 g/mol. The molecule has 15 heteroatoms. The molecule has 0 aliphatic rings. The molecule has 0 spiro atoms. The second-order valence-electron chi connectivity index (χ2n) is 6.85. The van der Waals surface area contributed by atoms with Crippen LogP contribution in [0.15, 0.2) is 35.5 Å². The van der Waals surface area contributed by atoms with Gasteiger partial charge < -0.3 is 14.2 Å². The third-order valence-electron chi connectivity index (χ3n) is 4.76. The molecule has 34 heavy (non-hydrogen) atoms. The number of nitrogens with zero attached hydrogens (tertiary/aromatic N) is 5. The number of ether oxygens (including phenoxy) is 3. The summed E-state index contributed by atoms with van der Waals surface area (Å²) in [6.45, 7) is -3.20. The average Bonchev–Trinajstić information content (AvgIpc) is 3.37. The van der Waals surface area contributed by atoms with Crippen LogP contribution < -0.4 is 19.3 Å². The van der Waals surface area contributed by atoms with Crippen molar-refractivity contribution in [3.8, 4) is 34.7 Å². The van der Waals surface area contributed by atoms with Crippen LogP contribution in [0.3, 0.4) is 0 Å². The SMILES string of the molecule is COc1nc(-n2cc(S(N)(=O)=O)c3ccc(Cl)c(-c4ccn(C)n4)c32)nc(OC)c1OC(F)F.